The summed E-state index contributed by atoms with van der Waals surface area (Å²) in [4.78, 5) is 25.3. The number of hydrogen-bond acceptors (Lipinski definition) is 5. The Kier molecular flexibility index (Phi) is 4.59. The molecule has 2 atom stereocenters. The van der Waals surface area contributed by atoms with Gasteiger partial charge in [-0.3, -0.25) is 4.79 Å². The molecule has 8 bridgehead atoms. The molecule has 0 saturated heterocycles. The summed E-state index contributed by atoms with van der Waals surface area (Å²) in [5.41, 5.74) is -1.82. The van der Waals surface area contributed by atoms with Crippen LogP contribution >= 0.6 is 0 Å². The van der Waals surface area contributed by atoms with E-state index in [1.54, 1.807) is 0 Å². The fourth-order valence-electron chi connectivity index (χ4n) is 9.39. The molecule has 8 saturated carbocycles. The zero-order chi connectivity index (χ0) is 22.4. The summed E-state index contributed by atoms with van der Waals surface area (Å²) in [6, 6.07) is 0. The number of carbonyl (C=O) groups is 2. The lowest BCUT2D eigenvalue weighted by molar-refractivity contribution is -0.237. The molecular formula is C25H34F2O5. The second-order valence-electron chi connectivity index (χ2n) is 12.5. The molecule has 0 aromatic heterocycles. The zero-order valence-corrected chi connectivity index (χ0v) is 18.9. The van der Waals surface area contributed by atoms with Crippen LogP contribution in [0.15, 0.2) is 0 Å². The number of hydrogen-bond donors (Lipinski definition) is 0. The molecule has 2 unspecified atom stereocenters. The van der Waals surface area contributed by atoms with Crippen molar-refractivity contribution in [3.8, 4) is 0 Å². The number of ether oxygens (including phenoxy) is 3. The Morgan fingerprint density at radius 2 is 1.31 bits per heavy atom. The van der Waals surface area contributed by atoms with E-state index >= 15 is 0 Å². The van der Waals surface area contributed by atoms with Gasteiger partial charge in [0.15, 0.2) is 6.79 Å². The molecular weight excluding hydrogens is 418 g/mol. The minimum absolute atomic E-state index is 0.0259. The Bertz CT molecular complexity index is 768. The summed E-state index contributed by atoms with van der Waals surface area (Å²) in [6.45, 7) is 0.545. The SMILES string of the molecule is CC(F)(F)C(=O)OC12CC3CC(C1)CC(C(=O)OCOC14CC5CC(CC(C5)C1)C4)(C3)C2. The third kappa shape index (κ3) is 3.48. The number of carbonyl (C=O) groups excluding carboxylic acids is 2. The predicted molar refractivity (Wildman–Crippen MR) is 110 cm³/mol. The largest absolute Gasteiger partial charge is 0.455 e. The van der Waals surface area contributed by atoms with Crippen molar-refractivity contribution in [2.24, 2.45) is 35.0 Å². The summed E-state index contributed by atoms with van der Waals surface area (Å²) in [5, 5.41) is 0. The molecule has 8 aliphatic carbocycles. The molecule has 0 N–H and O–H groups in total. The Morgan fingerprint density at radius 1 is 0.812 bits per heavy atom. The van der Waals surface area contributed by atoms with E-state index in [-0.39, 0.29) is 30.2 Å². The number of esters is 2. The lowest BCUT2D eigenvalue weighted by Crippen LogP contribution is -2.60. The first-order valence-corrected chi connectivity index (χ1v) is 12.5. The summed E-state index contributed by atoms with van der Waals surface area (Å²) in [6.07, 6.45) is 11.0. The standard InChI is InChI=1S/C25H34F2O5/c1-22(26,27)20(28)32-25-11-18-5-19(12-25)7-23(6-18,13-25)21(29)30-14-31-24-8-15-2-16(9-24)4-17(3-15)10-24/h15-19H,2-14H2,1H3. The van der Waals surface area contributed by atoms with Crippen LogP contribution in [0.3, 0.4) is 0 Å². The third-order valence-electron chi connectivity index (χ3n) is 9.65. The highest BCUT2D eigenvalue weighted by atomic mass is 19.3. The van der Waals surface area contributed by atoms with Crippen LogP contribution in [-0.4, -0.2) is 35.9 Å². The van der Waals surface area contributed by atoms with Crippen LogP contribution in [0.4, 0.5) is 8.78 Å². The molecule has 0 amide bonds. The second-order valence-corrected chi connectivity index (χ2v) is 12.5. The smallest absolute Gasteiger partial charge is 0.377 e. The van der Waals surface area contributed by atoms with Gasteiger partial charge in [-0.05, 0) is 100 Å². The quantitative estimate of drug-likeness (QED) is 0.419. The average molecular weight is 453 g/mol. The Balaban J connectivity index is 1.12. The lowest BCUT2D eigenvalue weighted by Gasteiger charge is -2.59. The highest BCUT2D eigenvalue weighted by Crippen LogP contribution is 2.63. The van der Waals surface area contributed by atoms with Crippen LogP contribution in [-0.2, 0) is 23.8 Å². The van der Waals surface area contributed by atoms with E-state index in [2.05, 4.69) is 0 Å². The van der Waals surface area contributed by atoms with Crippen molar-refractivity contribution in [3.05, 3.63) is 0 Å². The average Bonchev–Trinajstić information content (AvgIpc) is 2.64. The van der Waals surface area contributed by atoms with E-state index in [1.807, 2.05) is 0 Å². The van der Waals surface area contributed by atoms with Crippen LogP contribution in [0.1, 0.15) is 84.0 Å². The first-order valence-electron chi connectivity index (χ1n) is 12.5. The minimum atomic E-state index is -3.53. The highest BCUT2D eigenvalue weighted by molar-refractivity contribution is 5.79. The molecule has 8 aliphatic rings. The van der Waals surface area contributed by atoms with Gasteiger partial charge in [0.25, 0.3) is 0 Å². The monoisotopic (exact) mass is 452 g/mol. The zero-order valence-electron chi connectivity index (χ0n) is 18.9. The first kappa shape index (κ1) is 21.3. The van der Waals surface area contributed by atoms with Gasteiger partial charge < -0.3 is 14.2 Å². The molecule has 0 aromatic rings. The fraction of sp³-hybridized carbons (Fsp3) is 0.920. The summed E-state index contributed by atoms with van der Waals surface area (Å²) in [5.74, 6) is -2.60. The maximum Gasteiger partial charge on any atom is 0.377 e. The molecule has 0 aromatic carbocycles. The topological polar surface area (TPSA) is 61.8 Å². The summed E-state index contributed by atoms with van der Waals surface area (Å²) < 4.78 is 44.5. The molecule has 0 spiro atoms. The number of alkyl halides is 2. The van der Waals surface area contributed by atoms with Gasteiger partial charge in [0, 0.05) is 13.3 Å². The van der Waals surface area contributed by atoms with E-state index in [9.17, 15) is 18.4 Å². The molecule has 0 heterocycles. The molecule has 0 radical (unpaired) electrons. The molecule has 8 fully saturated rings. The summed E-state index contributed by atoms with van der Waals surface area (Å²) in [7, 11) is 0. The van der Waals surface area contributed by atoms with Crippen LogP contribution in [0.5, 0.6) is 0 Å². The predicted octanol–water partition coefficient (Wildman–Crippen LogP) is 5.01. The highest BCUT2D eigenvalue weighted by Gasteiger charge is 2.64. The molecule has 5 nitrogen and oxygen atoms in total. The van der Waals surface area contributed by atoms with Gasteiger partial charge in [-0.25, -0.2) is 4.79 Å². The fourth-order valence-corrected chi connectivity index (χ4v) is 9.39. The van der Waals surface area contributed by atoms with Crippen LogP contribution in [0.2, 0.25) is 0 Å². The van der Waals surface area contributed by atoms with E-state index in [0.717, 1.165) is 43.4 Å². The van der Waals surface area contributed by atoms with Crippen molar-refractivity contribution in [3.63, 3.8) is 0 Å². The van der Waals surface area contributed by atoms with Crippen molar-refractivity contribution in [1.29, 1.82) is 0 Å². The molecule has 0 aliphatic heterocycles. The van der Waals surface area contributed by atoms with E-state index < -0.39 is 22.9 Å². The van der Waals surface area contributed by atoms with Gasteiger partial charge in [-0.2, -0.15) is 8.78 Å². The Morgan fingerprint density at radius 3 is 1.84 bits per heavy atom. The summed E-state index contributed by atoms with van der Waals surface area (Å²) >= 11 is 0. The second kappa shape index (κ2) is 6.89. The van der Waals surface area contributed by atoms with Crippen molar-refractivity contribution in [1.82, 2.24) is 0 Å². The van der Waals surface area contributed by atoms with Gasteiger partial charge in [-0.15, -0.1) is 0 Å². The van der Waals surface area contributed by atoms with E-state index in [4.69, 9.17) is 14.2 Å². The van der Waals surface area contributed by atoms with Gasteiger partial charge in [0.05, 0.1) is 11.0 Å². The van der Waals surface area contributed by atoms with Gasteiger partial charge in [0.2, 0.25) is 0 Å². The van der Waals surface area contributed by atoms with Crippen LogP contribution in [0, 0.1) is 35.0 Å². The first-order chi connectivity index (χ1) is 15.1. The molecule has 7 heteroatoms. The molecule has 8 rings (SSSR count). The normalized spacial score (nSPS) is 48.2. The molecule has 178 valence electrons. The van der Waals surface area contributed by atoms with Crippen molar-refractivity contribution < 1.29 is 32.6 Å². The number of rotatable bonds is 6. The minimum Gasteiger partial charge on any atom is -0.455 e. The lowest BCUT2D eigenvalue weighted by atomic mass is 9.48. The maximum atomic E-state index is 13.5. The number of halogens is 2. The molecule has 32 heavy (non-hydrogen) atoms. The Labute approximate surface area is 187 Å². The van der Waals surface area contributed by atoms with Gasteiger partial charge in [0.1, 0.15) is 5.60 Å². The van der Waals surface area contributed by atoms with Crippen LogP contribution < -0.4 is 0 Å². The van der Waals surface area contributed by atoms with Gasteiger partial charge >= 0.3 is 17.9 Å². The van der Waals surface area contributed by atoms with E-state index in [0.29, 0.717) is 39.0 Å². The Hall–Kier alpha value is -1.24. The van der Waals surface area contributed by atoms with Crippen molar-refractivity contribution >= 4 is 11.9 Å². The maximum absolute atomic E-state index is 13.5. The van der Waals surface area contributed by atoms with E-state index in [1.165, 1.54) is 19.3 Å². The third-order valence-corrected chi connectivity index (χ3v) is 9.65. The van der Waals surface area contributed by atoms with Crippen molar-refractivity contribution in [2.75, 3.05) is 6.79 Å². The van der Waals surface area contributed by atoms with Crippen molar-refractivity contribution in [2.45, 2.75) is 101 Å². The van der Waals surface area contributed by atoms with Gasteiger partial charge in [-0.1, -0.05) is 0 Å². The van der Waals surface area contributed by atoms with Crippen LogP contribution in [0.25, 0.3) is 0 Å².